The topological polar surface area (TPSA) is 111 Å². The molecule has 1 fully saturated rings. The summed E-state index contributed by atoms with van der Waals surface area (Å²) in [7, 11) is 0. The molecule has 0 amide bonds. The molecule has 1 aromatic rings. The third-order valence-corrected chi connectivity index (χ3v) is 3.00. The van der Waals surface area contributed by atoms with E-state index in [0.717, 1.165) is 12.3 Å². The molecule has 116 valence electrons. The number of hydrogen-bond acceptors (Lipinski definition) is 6. The third-order valence-electron chi connectivity index (χ3n) is 3.00. The molecule has 1 unspecified atom stereocenters. The molecule has 8 nitrogen and oxygen atoms in total. The molecule has 0 radical (unpaired) electrons. The summed E-state index contributed by atoms with van der Waals surface area (Å²) in [6, 6.07) is 0.928. The van der Waals surface area contributed by atoms with Crippen LogP contribution in [0.5, 0.6) is 0 Å². The van der Waals surface area contributed by atoms with Crippen LogP contribution in [0, 0.1) is 0 Å². The Kier molecular flexibility index (Phi) is 4.08. The average Bonchev–Trinajstić information content (AvgIpc) is 2.40. The Hall–Kier alpha value is -1.84. The molecule has 0 aliphatic carbocycles. The number of hydrogen-bond donors (Lipinski definition) is 2. The van der Waals surface area contributed by atoms with Gasteiger partial charge >= 0.3 is 5.69 Å². The van der Waals surface area contributed by atoms with Crippen LogP contribution in [0.4, 0.5) is 4.39 Å². The number of carbonyl (C=O) groups is 1. The van der Waals surface area contributed by atoms with E-state index in [2.05, 4.69) is 0 Å². The number of ether oxygens (including phenoxy) is 2. The maximum atomic E-state index is 14.2. The van der Waals surface area contributed by atoms with Crippen LogP contribution in [0.25, 0.3) is 0 Å². The maximum Gasteiger partial charge on any atom is 0.330 e. The first-order valence-electron chi connectivity index (χ1n) is 6.19. The first-order chi connectivity index (χ1) is 9.71. The summed E-state index contributed by atoms with van der Waals surface area (Å²) in [5.74, 6) is -1.79. The lowest BCUT2D eigenvalue weighted by Gasteiger charge is -2.37. The maximum absolute atomic E-state index is 14.2. The van der Waals surface area contributed by atoms with Gasteiger partial charge in [0.05, 0.1) is 0 Å². The summed E-state index contributed by atoms with van der Waals surface area (Å²) in [5, 5.41) is 9.96. The Labute approximate surface area is 118 Å². The van der Waals surface area contributed by atoms with Crippen LogP contribution in [0.3, 0.4) is 0 Å². The van der Waals surface area contributed by atoms with Crippen molar-refractivity contribution < 1.29 is 23.8 Å². The second-order valence-electron chi connectivity index (χ2n) is 5.07. The van der Waals surface area contributed by atoms with Crippen molar-refractivity contribution in [3.05, 3.63) is 33.1 Å². The number of H-pyrrole nitrogens is 1. The number of aromatic nitrogens is 2. The van der Waals surface area contributed by atoms with Crippen LogP contribution in [-0.2, 0) is 14.3 Å². The van der Waals surface area contributed by atoms with Crippen molar-refractivity contribution in [1.29, 1.82) is 0 Å². The van der Waals surface area contributed by atoms with Gasteiger partial charge in [0.15, 0.2) is 17.7 Å². The third kappa shape index (κ3) is 3.26. The normalized spacial score (nSPS) is 24.6. The second-order valence-corrected chi connectivity index (χ2v) is 5.07. The van der Waals surface area contributed by atoms with Crippen LogP contribution >= 0.6 is 0 Å². The minimum atomic E-state index is -2.25. The number of Topliss-reactive ketones (excluding diaryl/α,β-unsaturated/α-hetero) is 1. The Bertz CT molecular complexity index is 652. The van der Waals surface area contributed by atoms with E-state index in [1.54, 1.807) is 0 Å². The van der Waals surface area contributed by atoms with E-state index in [1.165, 1.54) is 13.8 Å². The summed E-state index contributed by atoms with van der Waals surface area (Å²) in [6.07, 6.45) is -4.74. The monoisotopic (exact) mass is 302 g/mol. The number of ketones is 1. The highest BCUT2D eigenvalue weighted by Gasteiger charge is 2.43. The summed E-state index contributed by atoms with van der Waals surface area (Å²) in [5.41, 5.74) is -1.73. The predicted molar refractivity (Wildman–Crippen MR) is 67.4 cm³/mol. The summed E-state index contributed by atoms with van der Waals surface area (Å²) in [6.45, 7) is 2.69. The molecule has 0 spiro atoms. The van der Waals surface area contributed by atoms with Gasteiger partial charge in [-0.05, 0) is 13.8 Å². The van der Waals surface area contributed by atoms with Crippen molar-refractivity contribution >= 4 is 5.78 Å². The summed E-state index contributed by atoms with van der Waals surface area (Å²) >= 11 is 0. The first kappa shape index (κ1) is 15.5. The highest BCUT2D eigenvalue weighted by molar-refractivity contribution is 5.85. The molecule has 21 heavy (non-hydrogen) atoms. The van der Waals surface area contributed by atoms with E-state index >= 15 is 0 Å². The van der Waals surface area contributed by atoms with Crippen molar-refractivity contribution in [2.75, 3.05) is 6.61 Å². The lowest BCUT2D eigenvalue weighted by Crippen LogP contribution is -2.53. The van der Waals surface area contributed by atoms with Crippen molar-refractivity contribution in [3.8, 4) is 0 Å². The van der Waals surface area contributed by atoms with Gasteiger partial charge in [-0.15, -0.1) is 0 Å². The Balaban J connectivity index is 2.25. The van der Waals surface area contributed by atoms with Crippen molar-refractivity contribution in [2.45, 2.75) is 38.1 Å². The van der Waals surface area contributed by atoms with Crippen LogP contribution in [0.1, 0.15) is 20.1 Å². The number of halogens is 1. The number of nitrogens with zero attached hydrogens (tertiary/aromatic N) is 1. The van der Waals surface area contributed by atoms with E-state index in [-0.39, 0.29) is 6.61 Å². The first-order valence-corrected chi connectivity index (χ1v) is 6.19. The molecule has 1 aromatic heterocycles. The van der Waals surface area contributed by atoms with Gasteiger partial charge in [-0.1, -0.05) is 0 Å². The fraction of sp³-hybridized carbons (Fsp3) is 0.583. The standard InChI is InChI=1S/C12H15FN2O6/c1-12(2)20-5-6(16)9(21-12)8(18)10(13)15-4-3-7(17)14-11(15)19/h3-4,8-10,18H,5H2,1-2H3,(H,14,17,19)/t8-,9-,10?/m1/s1. The minimum absolute atomic E-state index is 0.331. The molecular formula is C12H15FN2O6. The summed E-state index contributed by atoms with van der Waals surface area (Å²) < 4.78 is 25.0. The fourth-order valence-corrected chi connectivity index (χ4v) is 1.92. The zero-order valence-electron chi connectivity index (χ0n) is 11.4. The number of nitrogens with one attached hydrogen (secondary N) is 1. The molecule has 2 heterocycles. The molecule has 2 N–H and O–H groups in total. The molecule has 9 heteroatoms. The van der Waals surface area contributed by atoms with Crippen LogP contribution < -0.4 is 11.2 Å². The average molecular weight is 302 g/mol. The van der Waals surface area contributed by atoms with E-state index in [0.29, 0.717) is 4.57 Å². The Morgan fingerprint density at radius 2 is 2.14 bits per heavy atom. The predicted octanol–water partition coefficient (Wildman–Crippen LogP) is -0.914. The van der Waals surface area contributed by atoms with Crippen LogP contribution in [-0.4, -0.2) is 45.0 Å². The van der Waals surface area contributed by atoms with Crippen LogP contribution in [0.15, 0.2) is 21.9 Å². The van der Waals surface area contributed by atoms with Gasteiger partial charge in [0.2, 0.25) is 6.30 Å². The van der Waals surface area contributed by atoms with Crippen LogP contribution in [0.2, 0.25) is 0 Å². The highest BCUT2D eigenvalue weighted by Crippen LogP contribution is 2.26. The molecule has 0 aromatic carbocycles. The zero-order chi connectivity index (χ0) is 15.8. The second kappa shape index (κ2) is 5.51. The van der Waals surface area contributed by atoms with Gasteiger partial charge < -0.3 is 14.6 Å². The van der Waals surface area contributed by atoms with E-state index in [9.17, 15) is 23.9 Å². The number of aromatic amines is 1. The van der Waals surface area contributed by atoms with Gasteiger partial charge in [-0.2, -0.15) is 0 Å². The fourth-order valence-electron chi connectivity index (χ4n) is 1.92. The van der Waals surface area contributed by atoms with E-state index in [4.69, 9.17) is 9.47 Å². The largest absolute Gasteiger partial charge is 0.385 e. The number of aliphatic hydroxyl groups excluding tert-OH is 1. The molecule has 2 rings (SSSR count). The molecule has 1 aliphatic rings. The van der Waals surface area contributed by atoms with Gasteiger partial charge in [-0.25, -0.2) is 9.18 Å². The highest BCUT2D eigenvalue weighted by atomic mass is 19.1. The van der Waals surface area contributed by atoms with Crippen molar-refractivity contribution in [1.82, 2.24) is 9.55 Å². The van der Waals surface area contributed by atoms with E-state index in [1.807, 2.05) is 4.98 Å². The number of alkyl halides is 1. The Morgan fingerprint density at radius 3 is 2.76 bits per heavy atom. The molecule has 0 bridgehead atoms. The molecule has 3 atom stereocenters. The smallest absolute Gasteiger partial charge is 0.330 e. The van der Waals surface area contributed by atoms with Gasteiger partial charge in [-0.3, -0.25) is 19.1 Å². The Morgan fingerprint density at radius 1 is 1.48 bits per heavy atom. The van der Waals surface area contributed by atoms with E-state index < -0.39 is 41.3 Å². The van der Waals surface area contributed by atoms with Gasteiger partial charge in [0, 0.05) is 12.3 Å². The lowest BCUT2D eigenvalue weighted by atomic mass is 10.1. The minimum Gasteiger partial charge on any atom is -0.385 e. The SMILES string of the molecule is CC1(C)OCC(=O)[C@H]([C@@H](O)C(F)n2ccc(=O)[nH]c2=O)O1. The van der Waals surface area contributed by atoms with Gasteiger partial charge in [0.1, 0.15) is 12.7 Å². The molecule has 1 saturated heterocycles. The van der Waals surface area contributed by atoms with Crippen molar-refractivity contribution in [3.63, 3.8) is 0 Å². The number of rotatable bonds is 3. The van der Waals surface area contributed by atoms with Gasteiger partial charge in [0.25, 0.3) is 5.56 Å². The zero-order valence-corrected chi connectivity index (χ0v) is 11.4. The lowest BCUT2D eigenvalue weighted by molar-refractivity contribution is -0.276. The number of aliphatic hydroxyl groups is 1. The molecule has 1 aliphatic heterocycles. The quantitative estimate of drug-likeness (QED) is 0.747. The summed E-state index contributed by atoms with van der Waals surface area (Å²) in [4.78, 5) is 35.9. The molecule has 0 saturated carbocycles. The van der Waals surface area contributed by atoms with Crippen molar-refractivity contribution in [2.24, 2.45) is 0 Å². The molecular weight excluding hydrogens is 287 g/mol. The number of carbonyl (C=O) groups excluding carboxylic acids is 1.